The van der Waals surface area contributed by atoms with Gasteiger partial charge in [0, 0.05) is 23.2 Å². The summed E-state index contributed by atoms with van der Waals surface area (Å²) in [5.74, 6) is -0.0545. The van der Waals surface area contributed by atoms with Gasteiger partial charge in [-0.05, 0) is 79.1 Å². The topological polar surface area (TPSA) is 64.8 Å². The highest BCUT2D eigenvalue weighted by molar-refractivity contribution is 5.97. The van der Waals surface area contributed by atoms with Crippen molar-refractivity contribution in [3.63, 3.8) is 0 Å². The lowest BCUT2D eigenvalue weighted by atomic mass is 9.33. The minimum atomic E-state index is -0.655. The summed E-state index contributed by atoms with van der Waals surface area (Å²) in [6, 6.07) is -0.655. The van der Waals surface area contributed by atoms with Gasteiger partial charge < -0.3 is 9.58 Å². The Morgan fingerprint density at radius 1 is 0.973 bits per heavy atom. The van der Waals surface area contributed by atoms with Crippen LogP contribution in [0.3, 0.4) is 0 Å². The van der Waals surface area contributed by atoms with Crippen LogP contribution in [0.2, 0.25) is 0 Å². The van der Waals surface area contributed by atoms with E-state index in [0.29, 0.717) is 6.42 Å². The van der Waals surface area contributed by atoms with Gasteiger partial charge in [0.05, 0.1) is 12.5 Å². The third kappa shape index (κ3) is 3.17. The van der Waals surface area contributed by atoms with Crippen LogP contribution in [0.4, 0.5) is 0 Å². The fraction of sp³-hybridized carbons (Fsp3) is 0.812. The zero-order chi connectivity index (χ0) is 27.4. The third-order valence-electron chi connectivity index (χ3n) is 12.8. The molecule has 8 atom stereocenters. The number of nitrogens with zero attached hydrogens (tertiary/aromatic N) is 1. The van der Waals surface area contributed by atoms with Gasteiger partial charge in [-0.25, -0.2) is 6.57 Å². The maximum Gasteiger partial charge on any atom is 0.312 e. The normalized spacial score (nSPS) is 47.8. The van der Waals surface area contributed by atoms with Crippen molar-refractivity contribution in [3.8, 4) is 0 Å². The summed E-state index contributed by atoms with van der Waals surface area (Å²) in [6.45, 7) is 23.3. The van der Waals surface area contributed by atoms with Crippen LogP contribution >= 0.6 is 0 Å². The molecule has 4 saturated carbocycles. The van der Waals surface area contributed by atoms with E-state index in [-0.39, 0.29) is 56.9 Å². The molecule has 5 aliphatic carbocycles. The molecule has 5 heteroatoms. The van der Waals surface area contributed by atoms with Gasteiger partial charge in [-0.3, -0.25) is 14.4 Å². The van der Waals surface area contributed by atoms with E-state index in [1.165, 1.54) is 12.7 Å². The van der Waals surface area contributed by atoms with E-state index in [1.807, 2.05) is 19.9 Å². The molecule has 0 bridgehead atoms. The Morgan fingerprint density at radius 3 is 2.24 bits per heavy atom. The number of hydrogen-bond acceptors (Lipinski definition) is 4. The Kier molecular flexibility index (Phi) is 5.61. The lowest BCUT2D eigenvalue weighted by Crippen LogP contribution is -2.66. The molecule has 5 aliphatic rings. The molecule has 0 radical (unpaired) electrons. The van der Waals surface area contributed by atoms with E-state index < -0.39 is 16.9 Å². The molecule has 4 fully saturated rings. The molecule has 5 unspecified atom stereocenters. The minimum absolute atomic E-state index is 0.0320. The maximum absolute atomic E-state index is 14.4. The van der Waals surface area contributed by atoms with Crippen molar-refractivity contribution in [3.05, 3.63) is 23.1 Å². The summed E-state index contributed by atoms with van der Waals surface area (Å²) < 4.78 is 5.42. The van der Waals surface area contributed by atoms with Crippen LogP contribution in [-0.2, 0) is 19.1 Å². The van der Waals surface area contributed by atoms with Crippen LogP contribution in [0, 0.1) is 56.8 Å². The average molecular weight is 508 g/mol. The molecule has 0 aromatic rings. The molecule has 0 aromatic heterocycles. The van der Waals surface area contributed by atoms with Crippen LogP contribution in [0.1, 0.15) is 99.8 Å². The molecule has 0 aliphatic heterocycles. The number of hydrogen-bond donors (Lipinski definition) is 0. The molecule has 202 valence electrons. The summed E-state index contributed by atoms with van der Waals surface area (Å²) in [5, 5.41) is 0. The number of esters is 1. The van der Waals surface area contributed by atoms with Crippen molar-refractivity contribution in [2.75, 3.05) is 7.11 Å². The van der Waals surface area contributed by atoms with E-state index in [4.69, 9.17) is 11.3 Å². The Morgan fingerprint density at radius 2 is 1.62 bits per heavy atom. The first-order valence-corrected chi connectivity index (χ1v) is 14.3. The first kappa shape index (κ1) is 26.6. The highest BCUT2D eigenvalue weighted by Crippen LogP contribution is 2.75. The zero-order valence-electron chi connectivity index (χ0n) is 24.1. The number of allylic oxidation sites excluding steroid dienone is 2. The van der Waals surface area contributed by atoms with Crippen LogP contribution in [0.25, 0.3) is 4.85 Å². The highest BCUT2D eigenvalue weighted by atomic mass is 16.5. The summed E-state index contributed by atoms with van der Waals surface area (Å²) in [5.41, 5.74) is -0.791. The molecule has 0 spiro atoms. The monoisotopic (exact) mass is 507 g/mol. The Balaban J connectivity index is 1.67. The highest BCUT2D eigenvalue weighted by Gasteiger charge is 2.72. The molecular weight excluding hydrogens is 462 g/mol. The SMILES string of the molecule is [C-]#[N+]C1C[C@]2(C)C3=CC(=O)C4C5CC(C)(C)CCC5(C(=O)OC)CC[C@@]4(C)[C@]3(C)CCC2C(C)(C)C1=O. The molecular formula is C32H45NO4. The van der Waals surface area contributed by atoms with Crippen molar-refractivity contribution >= 4 is 17.5 Å². The van der Waals surface area contributed by atoms with E-state index in [1.54, 1.807) is 0 Å². The summed E-state index contributed by atoms with van der Waals surface area (Å²) >= 11 is 0. The van der Waals surface area contributed by atoms with Gasteiger partial charge in [-0.2, -0.15) is 0 Å². The predicted octanol–water partition coefficient (Wildman–Crippen LogP) is 6.61. The summed E-state index contributed by atoms with van der Waals surface area (Å²) in [4.78, 5) is 44.8. The third-order valence-corrected chi connectivity index (χ3v) is 12.8. The smallest absolute Gasteiger partial charge is 0.312 e. The standard InChI is InChI=1S/C32H45NO4/c1-27(2)12-14-32(26(36)37-9)15-13-31(7)24(19(32)17-27)21(34)16-23-29(5)18-20(33-8)25(35)28(3,4)22(29)10-11-30(23,31)6/h16,19-20,22,24H,10-15,17-18H2,1-7,9H3/t19?,20?,22?,24?,29-,30+,31+,32?/m0/s1. The van der Waals surface area contributed by atoms with Crippen LogP contribution in [-0.4, -0.2) is 30.7 Å². The van der Waals surface area contributed by atoms with Gasteiger partial charge in [0.15, 0.2) is 5.78 Å². The van der Waals surface area contributed by atoms with Crippen molar-refractivity contribution < 1.29 is 19.1 Å². The summed E-state index contributed by atoms with van der Waals surface area (Å²) in [6.07, 6.45) is 8.48. The fourth-order valence-corrected chi connectivity index (χ4v) is 10.6. The first-order chi connectivity index (χ1) is 17.0. The molecule has 0 N–H and O–H groups in total. The van der Waals surface area contributed by atoms with Crippen LogP contribution in [0.15, 0.2) is 11.6 Å². The number of carbonyl (C=O) groups excluding carboxylic acids is 3. The Labute approximate surface area is 223 Å². The number of ketones is 2. The van der Waals surface area contributed by atoms with Gasteiger partial charge in [-0.15, -0.1) is 0 Å². The molecule has 0 amide bonds. The second kappa shape index (κ2) is 7.80. The quantitative estimate of drug-likeness (QED) is 0.296. The van der Waals surface area contributed by atoms with E-state index in [9.17, 15) is 14.4 Å². The van der Waals surface area contributed by atoms with E-state index in [2.05, 4.69) is 39.5 Å². The van der Waals surface area contributed by atoms with Crippen molar-refractivity contribution in [1.82, 2.24) is 0 Å². The van der Waals surface area contributed by atoms with Gasteiger partial charge in [0.2, 0.25) is 5.78 Å². The molecule has 0 saturated heterocycles. The van der Waals surface area contributed by atoms with Gasteiger partial charge in [0.25, 0.3) is 6.04 Å². The number of Topliss-reactive ketones (excluding diaryl/α,β-unsaturated/α-hetero) is 1. The van der Waals surface area contributed by atoms with Gasteiger partial charge in [0.1, 0.15) is 0 Å². The van der Waals surface area contributed by atoms with E-state index in [0.717, 1.165) is 44.9 Å². The molecule has 5 nitrogen and oxygen atoms in total. The molecule has 0 heterocycles. The number of rotatable bonds is 1. The molecule has 0 aromatic carbocycles. The summed E-state index contributed by atoms with van der Waals surface area (Å²) in [7, 11) is 1.49. The number of methoxy groups -OCH3 is 1. The van der Waals surface area contributed by atoms with E-state index >= 15 is 0 Å². The van der Waals surface area contributed by atoms with Gasteiger partial charge >= 0.3 is 5.97 Å². The van der Waals surface area contributed by atoms with Crippen LogP contribution in [0.5, 0.6) is 0 Å². The fourth-order valence-electron chi connectivity index (χ4n) is 10.6. The zero-order valence-corrected chi connectivity index (χ0v) is 24.1. The van der Waals surface area contributed by atoms with Crippen molar-refractivity contribution in [1.29, 1.82) is 0 Å². The second-order valence-corrected chi connectivity index (χ2v) is 15.3. The van der Waals surface area contributed by atoms with Crippen molar-refractivity contribution in [2.45, 2.75) is 106 Å². The second-order valence-electron chi connectivity index (χ2n) is 15.3. The Hall–Kier alpha value is -1.96. The average Bonchev–Trinajstić information content (AvgIpc) is 2.82. The number of ether oxygens (including phenoxy) is 1. The Bertz CT molecular complexity index is 1140. The molecule has 5 rings (SSSR count). The molecule has 37 heavy (non-hydrogen) atoms. The van der Waals surface area contributed by atoms with Crippen molar-refractivity contribution in [2.24, 2.45) is 50.2 Å². The largest absolute Gasteiger partial charge is 0.469 e. The lowest BCUT2D eigenvalue weighted by Gasteiger charge is -2.69. The number of fused-ring (bicyclic) bond motifs is 7. The minimum Gasteiger partial charge on any atom is -0.469 e. The first-order valence-electron chi connectivity index (χ1n) is 14.3. The van der Waals surface area contributed by atoms with Gasteiger partial charge in [-0.1, -0.05) is 54.0 Å². The predicted molar refractivity (Wildman–Crippen MR) is 142 cm³/mol. The lowest BCUT2D eigenvalue weighted by molar-refractivity contribution is -0.192. The number of carbonyl (C=O) groups is 3. The van der Waals surface area contributed by atoms with Crippen LogP contribution < -0.4 is 0 Å². The maximum atomic E-state index is 14.4.